The first kappa shape index (κ1) is 21.2. The van der Waals surface area contributed by atoms with Crippen molar-refractivity contribution in [1.82, 2.24) is 4.31 Å². The van der Waals surface area contributed by atoms with Gasteiger partial charge in [-0.15, -0.1) is 0 Å². The van der Waals surface area contributed by atoms with E-state index in [0.29, 0.717) is 26.2 Å². The highest BCUT2D eigenvalue weighted by molar-refractivity contribution is 7.92. The summed E-state index contributed by atoms with van der Waals surface area (Å²) in [4.78, 5) is 13.4. The number of halogens is 1. The largest absolute Gasteiger partial charge is 0.323 e. The van der Waals surface area contributed by atoms with E-state index in [-0.39, 0.29) is 11.6 Å². The Morgan fingerprint density at radius 2 is 1.72 bits per heavy atom. The highest BCUT2D eigenvalue weighted by atomic mass is 32.2. The first-order chi connectivity index (χ1) is 13.9. The summed E-state index contributed by atoms with van der Waals surface area (Å²) in [5.41, 5.74) is 0.967. The molecule has 8 heteroatoms. The fourth-order valence-electron chi connectivity index (χ4n) is 3.26. The molecule has 1 atom stereocenters. The molecule has 1 aliphatic rings. The number of carbonyl (C=O) groups is 1. The van der Waals surface area contributed by atoms with E-state index in [4.69, 9.17) is 0 Å². The normalized spacial score (nSPS) is 17.3. The Morgan fingerprint density at radius 3 is 2.38 bits per heavy atom. The minimum absolute atomic E-state index is 0.149. The maximum atomic E-state index is 13.7. The van der Waals surface area contributed by atoms with Crippen molar-refractivity contribution in [3.63, 3.8) is 0 Å². The van der Waals surface area contributed by atoms with Crippen molar-refractivity contribution in [2.24, 2.45) is 0 Å². The van der Waals surface area contributed by atoms with Crippen molar-refractivity contribution in [1.29, 1.82) is 0 Å². The molecule has 29 heavy (non-hydrogen) atoms. The summed E-state index contributed by atoms with van der Waals surface area (Å²) in [5, 5.41) is 3.83. The molecule has 0 aliphatic carbocycles. The Kier molecular flexibility index (Phi) is 6.79. The highest BCUT2D eigenvalue weighted by Gasteiger charge is 2.33. The zero-order valence-corrected chi connectivity index (χ0v) is 17.0. The van der Waals surface area contributed by atoms with Gasteiger partial charge in [-0.05, 0) is 30.7 Å². The van der Waals surface area contributed by atoms with Crippen molar-refractivity contribution in [3.8, 4) is 0 Å². The van der Waals surface area contributed by atoms with Crippen molar-refractivity contribution in [2.75, 3.05) is 31.5 Å². The van der Waals surface area contributed by atoms with Crippen LogP contribution in [0, 0.1) is 5.82 Å². The molecule has 6 nitrogen and oxygen atoms in total. The van der Waals surface area contributed by atoms with Crippen LogP contribution in [0.4, 0.5) is 10.1 Å². The quantitative estimate of drug-likeness (QED) is 0.744. The van der Waals surface area contributed by atoms with Gasteiger partial charge in [-0.1, -0.05) is 42.5 Å². The summed E-state index contributed by atoms with van der Waals surface area (Å²) < 4.78 is 40.3. The first-order valence-electron chi connectivity index (χ1n) is 9.50. The summed E-state index contributed by atoms with van der Waals surface area (Å²) in [6.45, 7) is 3.43. The van der Waals surface area contributed by atoms with Gasteiger partial charge in [0.25, 0.3) is 5.91 Å². The van der Waals surface area contributed by atoms with E-state index in [1.807, 2.05) is 30.3 Å². The summed E-state index contributed by atoms with van der Waals surface area (Å²) in [6.07, 6.45) is 1.58. The predicted octanol–water partition coefficient (Wildman–Crippen LogP) is 1.35. The lowest BCUT2D eigenvalue weighted by Crippen LogP contribution is -3.19. The summed E-state index contributed by atoms with van der Waals surface area (Å²) in [5.74, 6) is -0.769. The maximum absolute atomic E-state index is 13.7. The highest BCUT2D eigenvalue weighted by Crippen LogP contribution is 2.12. The lowest BCUT2D eigenvalue weighted by Gasteiger charge is -2.33. The topological polar surface area (TPSA) is 70.9 Å². The molecule has 0 spiro atoms. The maximum Gasteiger partial charge on any atom is 0.282 e. The lowest BCUT2D eigenvalue weighted by atomic mass is 10.2. The summed E-state index contributed by atoms with van der Waals surface area (Å²) in [7, 11) is -3.52. The summed E-state index contributed by atoms with van der Waals surface area (Å²) >= 11 is 0. The van der Waals surface area contributed by atoms with Gasteiger partial charge in [0, 0.05) is 5.41 Å². The smallest absolute Gasteiger partial charge is 0.282 e. The van der Waals surface area contributed by atoms with E-state index in [1.165, 1.54) is 21.8 Å². The van der Waals surface area contributed by atoms with Crippen LogP contribution in [0.25, 0.3) is 6.08 Å². The van der Waals surface area contributed by atoms with E-state index in [9.17, 15) is 17.6 Å². The van der Waals surface area contributed by atoms with Crippen LogP contribution >= 0.6 is 0 Å². The lowest BCUT2D eigenvalue weighted by molar-refractivity contribution is -0.917. The number of rotatable bonds is 6. The molecule has 154 valence electrons. The number of benzene rings is 2. The van der Waals surface area contributed by atoms with Crippen LogP contribution in [0.2, 0.25) is 0 Å². The fraction of sp³-hybridized carbons (Fsp3) is 0.286. The molecule has 0 aromatic heterocycles. The molecule has 0 saturated carbocycles. The number of anilines is 1. The standard InChI is InChI=1S/C21H24FN3O3S/c1-17(21(26)23-20-10-6-5-9-19(20)22)24-12-14-25(15-13-24)29(27,28)16-11-18-7-3-2-4-8-18/h2-11,16-17H,12-15H2,1H3,(H,23,26)/p+1/b16-11+/t17-/m0/s1. The Hall–Kier alpha value is -2.55. The Bertz CT molecular complexity index is 972. The fourth-order valence-corrected chi connectivity index (χ4v) is 4.46. The first-order valence-corrected chi connectivity index (χ1v) is 11.0. The number of quaternary nitrogens is 1. The number of amides is 1. The summed E-state index contributed by atoms with van der Waals surface area (Å²) in [6, 6.07) is 14.8. The van der Waals surface area contributed by atoms with E-state index in [1.54, 1.807) is 25.1 Å². The molecule has 2 aromatic carbocycles. The number of sulfonamides is 1. The van der Waals surface area contributed by atoms with Gasteiger partial charge < -0.3 is 10.2 Å². The van der Waals surface area contributed by atoms with Crippen LogP contribution in [0.5, 0.6) is 0 Å². The van der Waals surface area contributed by atoms with Gasteiger partial charge >= 0.3 is 0 Å². The second-order valence-corrected chi connectivity index (χ2v) is 8.82. The van der Waals surface area contributed by atoms with Gasteiger partial charge in [0.15, 0.2) is 6.04 Å². The van der Waals surface area contributed by atoms with E-state index in [0.717, 1.165) is 10.5 Å². The van der Waals surface area contributed by atoms with Crippen molar-refractivity contribution in [2.45, 2.75) is 13.0 Å². The van der Waals surface area contributed by atoms with Crippen LogP contribution in [-0.4, -0.2) is 50.9 Å². The number of para-hydroxylation sites is 1. The van der Waals surface area contributed by atoms with Crippen LogP contribution in [0.15, 0.2) is 60.0 Å². The van der Waals surface area contributed by atoms with Gasteiger partial charge in [0.05, 0.1) is 31.9 Å². The van der Waals surface area contributed by atoms with Gasteiger partial charge in [-0.2, -0.15) is 4.31 Å². The van der Waals surface area contributed by atoms with Gasteiger partial charge in [0.2, 0.25) is 10.0 Å². The minimum atomic E-state index is -3.52. The van der Waals surface area contributed by atoms with Gasteiger partial charge in [0.1, 0.15) is 5.82 Å². The molecule has 2 N–H and O–H groups in total. The molecule has 2 aromatic rings. The van der Waals surface area contributed by atoms with Crippen molar-refractivity contribution in [3.05, 3.63) is 71.4 Å². The van der Waals surface area contributed by atoms with Crippen LogP contribution < -0.4 is 10.2 Å². The third kappa shape index (κ3) is 5.50. The number of piperazine rings is 1. The monoisotopic (exact) mass is 418 g/mol. The molecule has 1 amide bonds. The molecule has 1 heterocycles. The Balaban J connectivity index is 1.56. The molecule has 3 rings (SSSR count). The van der Waals surface area contributed by atoms with Crippen LogP contribution in [0.1, 0.15) is 12.5 Å². The molecule has 0 unspecified atom stereocenters. The second kappa shape index (κ2) is 9.30. The number of carbonyl (C=O) groups excluding carboxylic acids is 1. The van der Waals surface area contributed by atoms with E-state index < -0.39 is 21.9 Å². The average Bonchev–Trinajstić information content (AvgIpc) is 2.74. The number of nitrogens with zero attached hydrogens (tertiary/aromatic N) is 1. The Labute approximate surface area is 170 Å². The number of nitrogens with one attached hydrogen (secondary N) is 2. The molecular weight excluding hydrogens is 393 g/mol. The number of hydrogen-bond donors (Lipinski definition) is 2. The zero-order valence-electron chi connectivity index (χ0n) is 16.2. The minimum Gasteiger partial charge on any atom is -0.323 e. The zero-order chi connectivity index (χ0) is 20.9. The van der Waals surface area contributed by atoms with Crippen LogP contribution in [0.3, 0.4) is 0 Å². The van der Waals surface area contributed by atoms with E-state index >= 15 is 0 Å². The van der Waals surface area contributed by atoms with Crippen molar-refractivity contribution >= 4 is 27.7 Å². The van der Waals surface area contributed by atoms with Crippen molar-refractivity contribution < 1.29 is 22.5 Å². The molecule has 1 saturated heterocycles. The second-order valence-electron chi connectivity index (χ2n) is 7.01. The average molecular weight is 419 g/mol. The molecule has 1 fully saturated rings. The van der Waals surface area contributed by atoms with Gasteiger partial charge in [-0.3, -0.25) is 4.79 Å². The Morgan fingerprint density at radius 1 is 1.10 bits per heavy atom. The molecule has 1 aliphatic heterocycles. The molecule has 0 radical (unpaired) electrons. The predicted molar refractivity (Wildman–Crippen MR) is 111 cm³/mol. The third-order valence-corrected chi connectivity index (χ3v) is 6.66. The van der Waals surface area contributed by atoms with Crippen LogP contribution in [-0.2, 0) is 14.8 Å². The molecule has 0 bridgehead atoms. The SMILES string of the molecule is C[C@@H](C(=O)Nc1ccccc1F)[NH+]1CCN(S(=O)(=O)/C=C/c2ccccc2)CC1. The number of hydrogen-bond acceptors (Lipinski definition) is 3. The third-order valence-electron chi connectivity index (χ3n) is 5.09. The molecular formula is C21H25FN3O3S+. The van der Waals surface area contributed by atoms with Gasteiger partial charge in [-0.25, -0.2) is 12.8 Å². The van der Waals surface area contributed by atoms with E-state index in [2.05, 4.69) is 5.32 Å².